The first-order valence-electron chi connectivity index (χ1n) is 11.3. The lowest BCUT2D eigenvalue weighted by molar-refractivity contribution is -0.115. The lowest BCUT2D eigenvalue weighted by Crippen LogP contribution is -2.46. The summed E-state index contributed by atoms with van der Waals surface area (Å²) >= 11 is 0. The standard InChI is InChI=1S/C25H25N5O6S2/c1-16(31)27-18-8-12-21(13-9-18)37(33,34)23-24(26)30(20-6-4-3-5-7-20)29-25(23)38(35,36)22-14-10-19(11-15-22)28-17(2)32/h3-15,24,29H,26H2,1-2H3,(H,27,31)(H,28,32). The van der Waals surface area contributed by atoms with E-state index in [0.29, 0.717) is 17.1 Å². The van der Waals surface area contributed by atoms with Gasteiger partial charge in [-0.3, -0.25) is 20.0 Å². The van der Waals surface area contributed by atoms with Crippen LogP contribution in [0.1, 0.15) is 13.8 Å². The van der Waals surface area contributed by atoms with Gasteiger partial charge in [0.2, 0.25) is 31.5 Å². The molecular formula is C25H25N5O6S2. The number of sulfone groups is 2. The number of nitrogens with two attached hydrogens (primary N) is 1. The molecule has 1 aliphatic heterocycles. The van der Waals surface area contributed by atoms with Crippen LogP contribution in [0.5, 0.6) is 0 Å². The summed E-state index contributed by atoms with van der Waals surface area (Å²) in [4.78, 5) is 21.7. The summed E-state index contributed by atoms with van der Waals surface area (Å²) in [5.74, 6) is -0.662. The van der Waals surface area contributed by atoms with E-state index in [1.54, 1.807) is 30.3 Å². The topological polar surface area (TPSA) is 168 Å². The summed E-state index contributed by atoms with van der Waals surface area (Å²) in [5.41, 5.74) is 10.3. The average molecular weight is 556 g/mol. The summed E-state index contributed by atoms with van der Waals surface area (Å²) in [6.45, 7) is 2.63. The number of hydrazine groups is 1. The molecule has 4 rings (SSSR count). The van der Waals surface area contributed by atoms with E-state index in [1.807, 2.05) is 0 Å². The maximum Gasteiger partial charge on any atom is 0.224 e. The molecule has 0 fully saturated rings. The van der Waals surface area contributed by atoms with Gasteiger partial charge >= 0.3 is 0 Å². The summed E-state index contributed by atoms with van der Waals surface area (Å²) in [5, 5.41) is 5.77. The fraction of sp³-hybridized carbons (Fsp3) is 0.120. The molecule has 0 aliphatic carbocycles. The zero-order valence-electron chi connectivity index (χ0n) is 20.4. The molecular weight excluding hydrogens is 530 g/mol. The maximum absolute atomic E-state index is 13.8. The number of nitrogens with one attached hydrogen (secondary N) is 3. The van der Waals surface area contributed by atoms with E-state index in [0.717, 1.165) is 0 Å². The monoisotopic (exact) mass is 555 g/mol. The molecule has 11 nitrogen and oxygen atoms in total. The number of anilines is 3. The van der Waals surface area contributed by atoms with Gasteiger partial charge in [0.15, 0.2) is 5.03 Å². The van der Waals surface area contributed by atoms with Crippen molar-refractivity contribution >= 4 is 48.6 Å². The van der Waals surface area contributed by atoms with Crippen LogP contribution in [0.2, 0.25) is 0 Å². The van der Waals surface area contributed by atoms with Gasteiger partial charge in [-0.2, -0.15) is 0 Å². The highest BCUT2D eigenvalue weighted by Crippen LogP contribution is 2.36. The first-order valence-corrected chi connectivity index (χ1v) is 14.2. The Morgan fingerprint density at radius 3 is 1.63 bits per heavy atom. The van der Waals surface area contributed by atoms with Crippen molar-refractivity contribution in [2.75, 3.05) is 15.6 Å². The highest BCUT2D eigenvalue weighted by molar-refractivity contribution is 7.99. The van der Waals surface area contributed by atoms with Crippen molar-refractivity contribution in [3.63, 3.8) is 0 Å². The highest BCUT2D eigenvalue weighted by atomic mass is 32.2. The number of benzene rings is 3. The Balaban J connectivity index is 1.84. The molecule has 1 atom stereocenters. The molecule has 2 amide bonds. The first-order chi connectivity index (χ1) is 17.9. The van der Waals surface area contributed by atoms with Crippen molar-refractivity contribution in [2.24, 2.45) is 5.73 Å². The number of amides is 2. The molecule has 0 saturated heterocycles. The van der Waals surface area contributed by atoms with Crippen LogP contribution >= 0.6 is 0 Å². The molecule has 38 heavy (non-hydrogen) atoms. The van der Waals surface area contributed by atoms with E-state index in [2.05, 4.69) is 16.1 Å². The van der Waals surface area contributed by atoms with Crippen LogP contribution < -0.4 is 26.8 Å². The summed E-state index contributed by atoms with van der Waals surface area (Å²) < 4.78 is 55.1. The number of rotatable bonds is 7. The van der Waals surface area contributed by atoms with Crippen LogP contribution in [0.3, 0.4) is 0 Å². The van der Waals surface area contributed by atoms with Crippen LogP contribution in [-0.4, -0.2) is 34.8 Å². The number of nitrogens with zero attached hydrogens (tertiary/aromatic N) is 1. The molecule has 3 aromatic carbocycles. The van der Waals surface area contributed by atoms with Gasteiger partial charge in [-0.25, -0.2) is 16.8 Å². The fourth-order valence-electron chi connectivity index (χ4n) is 3.86. The summed E-state index contributed by atoms with van der Waals surface area (Å²) in [6, 6.07) is 19.1. The van der Waals surface area contributed by atoms with E-state index >= 15 is 0 Å². The van der Waals surface area contributed by atoms with E-state index in [9.17, 15) is 26.4 Å². The molecule has 5 N–H and O–H groups in total. The van der Waals surface area contributed by atoms with Gasteiger partial charge in [0.25, 0.3) is 0 Å². The lowest BCUT2D eigenvalue weighted by Gasteiger charge is -2.25. The van der Waals surface area contributed by atoms with Gasteiger partial charge in [-0.05, 0) is 60.7 Å². The minimum atomic E-state index is -4.44. The van der Waals surface area contributed by atoms with Crippen LogP contribution in [0, 0.1) is 0 Å². The third-order valence-corrected chi connectivity index (χ3v) is 9.34. The van der Waals surface area contributed by atoms with Crippen molar-refractivity contribution in [3.8, 4) is 0 Å². The summed E-state index contributed by atoms with van der Waals surface area (Å²) in [6.07, 6.45) is -1.39. The SMILES string of the molecule is CC(=O)Nc1ccc(S(=O)(=O)C2=C(S(=O)(=O)c3ccc(NC(C)=O)cc3)C(N)N(c3ccccc3)N2)cc1. The fourth-order valence-corrected chi connectivity index (χ4v) is 7.31. The zero-order chi connectivity index (χ0) is 27.7. The molecule has 3 aromatic rings. The molecule has 0 aromatic heterocycles. The van der Waals surface area contributed by atoms with Crippen LogP contribution in [0.15, 0.2) is 98.6 Å². The molecule has 198 valence electrons. The second kappa shape index (κ2) is 10.3. The van der Waals surface area contributed by atoms with E-state index in [-0.39, 0.29) is 21.6 Å². The molecule has 0 saturated carbocycles. The Bertz CT molecular complexity index is 1620. The van der Waals surface area contributed by atoms with Crippen molar-refractivity contribution in [1.29, 1.82) is 0 Å². The average Bonchev–Trinajstić information content (AvgIpc) is 3.23. The number of hydrogen-bond donors (Lipinski definition) is 4. The predicted octanol–water partition coefficient (Wildman–Crippen LogP) is 2.33. The lowest BCUT2D eigenvalue weighted by atomic mass is 10.3. The molecule has 0 radical (unpaired) electrons. The number of carbonyl (C=O) groups is 2. The number of hydrogen-bond acceptors (Lipinski definition) is 9. The van der Waals surface area contributed by atoms with Crippen molar-refractivity contribution < 1.29 is 26.4 Å². The molecule has 13 heteroatoms. The predicted molar refractivity (Wildman–Crippen MR) is 143 cm³/mol. The minimum Gasteiger partial charge on any atom is -0.326 e. The van der Waals surface area contributed by atoms with E-state index < -0.39 is 35.8 Å². The molecule has 1 aliphatic rings. The van der Waals surface area contributed by atoms with Gasteiger partial charge in [-0.15, -0.1) is 0 Å². The van der Waals surface area contributed by atoms with Gasteiger partial charge in [-0.1, -0.05) is 18.2 Å². The number of para-hydroxylation sites is 1. The van der Waals surface area contributed by atoms with Gasteiger partial charge in [0.1, 0.15) is 11.1 Å². The zero-order valence-corrected chi connectivity index (χ0v) is 22.0. The van der Waals surface area contributed by atoms with E-state index in [4.69, 9.17) is 5.73 Å². The second-order valence-corrected chi connectivity index (χ2v) is 12.2. The van der Waals surface area contributed by atoms with Crippen LogP contribution in [-0.2, 0) is 29.3 Å². The Morgan fingerprint density at radius 1 is 0.737 bits per heavy atom. The van der Waals surface area contributed by atoms with Crippen LogP contribution in [0.25, 0.3) is 0 Å². The Hall–Kier alpha value is -4.20. The van der Waals surface area contributed by atoms with Gasteiger partial charge < -0.3 is 16.4 Å². The largest absolute Gasteiger partial charge is 0.326 e. The Morgan fingerprint density at radius 2 is 1.18 bits per heavy atom. The van der Waals surface area contributed by atoms with Crippen molar-refractivity contribution in [1.82, 2.24) is 5.43 Å². The number of carbonyl (C=O) groups excluding carboxylic acids is 2. The molecule has 0 bridgehead atoms. The second-order valence-electron chi connectivity index (χ2n) is 8.37. The Kier molecular flexibility index (Phi) is 7.26. The molecule has 1 heterocycles. The minimum absolute atomic E-state index is 0.204. The summed E-state index contributed by atoms with van der Waals surface area (Å²) in [7, 11) is -8.86. The third-order valence-electron chi connectivity index (χ3n) is 5.56. The highest BCUT2D eigenvalue weighted by Gasteiger charge is 2.44. The molecule has 1 unspecified atom stereocenters. The molecule has 0 spiro atoms. The Labute approximate surface area is 220 Å². The van der Waals surface area contributed by atoms with E-state index in [1.165, 1.54) is 67.4 Å². The first kappa shape index (κ1) is 26.9. The quantitative estimate of drug-likeness (QED) is 0.342. The normalized spacial score (nSPS) is 15.7. The van der Waals surface area contributed by atoms with Gasteiger partial charge in [0.05, 0.1) is 15.5 Å². The van der Waals surface area contributed by atoms with Crippen molar-refractivity contribution in [2.45, 2.75) is 29.8 Å². The smallest absolute Gasteiger partial charge is 0.224 e. The van der Waals surface area contributed by atoms with Crippen molar-refractivity contribution in [3.05, 3.63) is 88.8 Å². The maximum atomic E-state index is 13.8. The third kappa shape index (κ3) is 5.25. The van der Waals surface area contributed by atoms with Gasteiger partial charge in [0, 0.05) is 25.2 Å². The van der Waals surface area contributed by atoms with Crippen LogP contribution in [0.4, 0.5) is 17.1 Å².